The van der Waals surface area contributed by atoms with Crippen molar-refractivity contribution in [3.63, 3.8) is 0 Å². The van der Waals surface area contributed by atoms with Crippen LogP contribution in [0.4, 0.5) is 0 Å². The molecule has 0 aromatic carbocycles. The SMILES string of the molecule is NC(CCNCc1ccncc1)=NO. The third-order valence-corrected chi connectivity index (χ3v) is 1.76. The maximum atomic E-state index is 8.28. The van der Waals surface area contributed by atoms with E-state index >= 15 is 0 Å². The lowest BCUT2D eigenvalue weighted by Crippen LogP contribution is -2.21. The van der Waals surface area contributed by atoms with Crippen LogP contribution in [-0.4, -0.2) is 22.6 Å². The number of nitrogens with zero attached hydrogens (tertiary/aromatic N) is 2. The van der Waals surface area contributed by atoms with Gasteiger partial charge < -0.3 is 16.3 Å². The standard InChI is InChI=1S/C9H14N4O/c10-9(13-14)3-6-12-7-8-1-4-11-5-2-8/h1-2,4-5,12,14H,3,6-7H2,(H2,10,13). The molecular weight excluding hydrogens is 180 g/mol. The van der Waals surface area contributed by atoms with Crippen molar-refractivity contribution in [1.82, 2.24) is 10.3 Å². The van der Waals surface area contributed by atoms with Gasteiger partial charge in [0, 0.05) is 31.9 Å². The fourth-order valence-corrected chi connectivity index (χ4v) is 1.000. The van der Waals surface area contributed by atoms with Gasteiger partial charge in [-0.15, -0.1) is 0 Å². The first-order valence-corrected chi connectivity index (χ1v) is 4.39. The lowest BCUT2D eigenvalue weighted by Gasteiger charge is -2.03. The number of nitrogens with one attached hydrogen (secondary N) is 1. The number of hydrogen-bond donors (Lipinski definition) is 3. The second-order valence-corrected chi connectivity index (χ2v) is 2.87. The average Bonchev–Trinajstić information content (AvgIpc) is 2.25. The van der Waals surface area contributed by atoms with Crippen molar-refractivity contribution >= 4 is 5.84 Å². The molecular formula is C9H14N4O. The van der Waals surface area contributed by atoms with Gasteiger partial charge in [0.2, 0.25) is 0 Å². The number of aromatic nitrogens is 1. The van der Waals surface area contributed by atoms with E-state index in [9.17, 15) is 0 Å². The lowest BCUT2D eigenvalue weighted by atomic mass is 10.2. The largest absolute Gasteiger partial charge is 0.409 e. The summed E-state index contributed by atoms with van der Waals surface area (Å²) in [6.45, 7) is 1.46. The lowest BCUT2D eigenvalue weighted by molar-refractivity contribution is 0.316. The molecule has 0 radical (unpaired) electrons. The smallest absolute Gasteiger partial charge is 0.140 e. The molecule has 5 nitrogen and oxygen atoms in total. The van der Waals surface area contributed by atoms with Crippen LogP contribution in [-0.2, 0) is 6.54 Å². The fourth-order valence-electron chi connectivity index (χ4n) is 1.000. The Bertz CT molecular complexity index is 286. The number of amidine groups is 1. The third kappa shape index (κ3) is 3.86. The number of nitrogens with two attached hydrogens (primary N) is 1. The van der Waals surface area contributed by atoms with Gasteiger partial charge in [-0.1, -0.05) is 5.16 Å². The van der Waals surface area contributed by atoms with Crippen LogP contribution in [0.1, 0.15) is 12.0 Å². The molecule has 0 fully saturated rings. The van der Waals surface area contributed by atoms with Crippen molar-refractivity contribution in [2.75, 3.05) is 6.54 Å². The van der Waals surface area contributed by atoms with Crippen molar-refractivity contribution in [3.05, 3.63) is 30.1 Å². The number of oxime groups is 1. The van der Waals surface area contributed by atoms with Crippen LogP contribution in [0, 0.1) is 0 Å². The second kappa shape index (κ2) is 5.93. The molecule has 1 heterocycles. The molecule has 0 amide bonds. The number of pyridine rings is 1. The van der Waals surface area contributed by atoms with E-state index < -0.39 is 0 Å². The van der Waals surface area contributed by atoms with Crippen LogP contribution in [0.25, 0.3) is 0 Å². The zero-order chi connectivity index (χ0) is 10.2. The molecule has 0 aliphatic carbocycles. The maximum absolute atomic E-state index is 8.28. The fraction of sp³-hybridized carbons (Fsp3) is 0.333. The monoisotopic (exact) mass is 194 g/mol. The van der Waals surface area contributed by atoms with Crippen LogP contribution in [0.3, 0.4) is 0 Å². The van der Waals surface area contributed by atoms with Crippen LogP contribution in [0.5, 0.6) is 0 Å². The van der Waals surface area contributed by atoms with E-state index in [0.29, 0.717) is 13.0 Å². The average molecular weight is 194 g/mol. The Balaban J connectivity index is 2.17. The Labute approximate surface area is 82.6 Å². The first kappa shape index (κ1) is 10.5. The summed E-state index contributed by atoms with van der Waals surface area (Å²) in [6.07, 6.45) is 4.04. The molecule has 14 heavy (non-hydrogen) atoms. The highest BCUT2D eigenvalue weighted by Crippen LogP contribution is 1.94. The molecule has 1 rings (SSSR count). The molecule has 0 atom stereocenters. The van der Waals surface area contributed by atoms with Gasteiger partial charge in [0.05, 0.1) is 0 Å². The molecule has 0 saturated heterocycles. The van der Waals surface area contributed by atoms with Gasteiger partial charge in [-0.25, -0.2) is 0 Å². The predicted octanol–water partition coefficient (Wildman–Crippen LogP) is 0.308. The van der Waals surface area contributed by atoms with Crippen molar-refractivity contribution in [3.8, 4) is 0 Å². The van der Waals surface area contributed by atoms with E-state index in [1.54, 1.807) is 12.4 Å². The zero-order valence-electron chi connectivity index (χ0n) is 7.85. The Morgan fingerprint density at radius 1 is 1.50 bits per heavy atom. The van der Waals surface area contributed by atoms with E-state index in [-0.39, 0.29) is 5.84 Å². The summed E-state index contributed by atoms with van der Waals surface area (Å²) >= 11 is 0. The van der Waals surface area contributed by atoms with E-state index in [1.807, 2.05) is 12.1 Å². The highest BCUT2D eigenvalue weighted by atomic mass is 16.4. The van der Waals surface area contributed by atoms with Crippen LogP contribution in [0.2, 0.25) is 0 Å². The van der Waals surface area contributed by atoms with Gasteiger partial charge in [-0.3, -0.25) is 4.98 Å². The molecule has 0 aliphatic rings. The summed E-state index contributed by atoms with van der Waals surface area (Å²) in [5, 5.41) is 14.3. The molecule has 0 spiro atoms. The Hall–Kier alpha value is -1.62. The molecule has 4 N–H and O–H groups in total. The number of rotatable bonds is 5. The van der Waals surface area contributed by atoms with Crippen molar-refractivity contribution in [2.45, 2.75) is 13.0 Å². The van der Waals surface area contributed by atoms with Gasteiger partial charge in [-0.05, 0) is 17.7 Å². The molecule has 0 saturated carbocycles. The van der Waals surface area contributed by atoms with E-state index in [4.69, 9.17) is 10.9 Å². The molecule has 1 aromatic rings. The molecule has 0 unspecified atom stereocenters. The minimum atomic E-state index is 0.243. The Morgan fingerprint density at radius 2 is 2.21 bits per heavy atom. The highest BCUT2D eigenvalue weighted by Gasteiger charge is 1.93. The summed E-state index contributed by atoms with van der Waals surface area (Å²) in [5.41, 5.74) is 6.47. The van der Waals surface area contributed by atoms with Gasteiger partial charge in [0.15, 0.2) is 0 Å². The third-order valence-electron chi connectivity index (χ3n) is 1.76. The van der Waals surface area contributed by atoms with E-state index in [0.717, 1.165) is 6.54 Å². The van der Waals surface area contributed by atoms with E-state index in [1.165, 1.54) is 5.56 Å². The second-order valence-electron chi connectivity index (χ2n) is 2.87. The molecule has 0 bridgehead atoms. The Kier molecular flexibility index (Phi) is 4.43. The normalized spacial score (nSPS) is 11.6. The highest BCUT2D eigenvalue weighted by molar-refractivity contribution is 5.79. The topological polar surface area (TPSA) is 83.5 Å². The van der Waals surface area contributed by atoms with Crippen LogP contribution >= 0.6 is 0 Å². The Morgan fingerprint density at radius 3 is 2.86 bits per heavy atom. The van der Waals surface area contributed by atoms with Crippen molar-refractivity contribution < 1.29 is 5.21 Å². The molecule has 76 valence electrons. The summed E-state index contributed by atoms with van der Waals surface area (Å²) in [6, 6.07) is 3.88. The number of hydrogen-bond acceptors (Lipinski definition) is 4. The van der Waals surface area contributed by atoms with E-state index in [2.05, 4.69) is 15.5 Å². The minimum absolute atomic E-state index is 0.243. The minimum Gasteiger partial charge on any atom is -0.409 e. The maximum Gasteiger partial charge on any atom is 0.140 e. The van der Waals surface area contributed by atoms with Gasteiger partial charge in [-0.2, -0.15) is 0 Å². The first-order chi connectivity index (χ1) is 6.83. The molecule has 1 aromatic heterocycles. The van der Waals surface area contributed by atoms with Gasteiger partial charge in [0.1, 0.15) is 5.84 Å². The van der Waals surface area contributed by atoms with Crippen LogP contribution < -0.4 is 11.1 Å². The van der Waals surface area contributed by atoms with Crippen molar-refractivity contribution in [2.24, 2.45) is 10.9 Å². The first-order valence-electron chi connectivity index (χ1n) is 4.39. The van der Waals surface area contributed by atoms with Crippen molar-refractivity contribution in [1.29, 1.82) is 0 Å². The van der Waals surface area contributed by atoms with Gasteiger partial charge >= 0.3 is 0 Å². The van der Waals surface area contributed by atoms with Gasteiger partial charge in [0.25, 0.3) is 0 Å². The zero-order valence-corrected chi connectivity index (χ0v) is 7.85. The molecule has 0 aliphatic heterocycles. The predicted molar refractivity (Wildman–Crippen MR) is 54.0 cm³/mol. The quantitative estimate of drug-likeness (QED) is 0.207. The summed E-state index contributed by atoms with van der Waals surface area (Å²) in [7, 11) is 0. The summed E-state index contributed by atoms with van der Waals surface area (Å²) in [4.78, 5) is 3.92. The summed E-state index contributed by atoms with van der Waals surface area (Å²) in [5.74, 6) is 0.243. The summed E-state index contributed by atoms with van der Waals surface area (Å²) < 4.78 is 0. The van der Waals surface area contributed by atoms with Crippen LogP contribution in [0.15, 0.2) is 29.7 Å². The molecule has 5 heteroatoms.